The van der Waals surface area contributed by atoms with E-state index in [1.165, 1.54) is 0 Å². The summed E-state index contributed by atoms with van der Waals surface area (Å²) in [7, 11) is 0. The van der Waals surface area contributed by atoms with Crippen LogP contribution in [0.15, 0.2) is 42.5 Å². The fourth-order valence-corrected chi connectivity index (χ4v) is 3.07. The predicted molar refractivity (Wildman–Crippen MR) is 75.9 cm³/mol. The van der Waals surface area contributed by atoms with E-state index in [9.17, 15) is 9.90 Å². The van der Waals surface area contributed by atoms with E-state index in [1.807, 2.05) is 42.5 Å². The third kappa shape index (κ3) is 2.28. The molecule has 0 bridgehead atoms. The van der Waals surface area contributed by atoms with Crippen LogP contribution in [-0.2, 0) is 4.79 Å². The SMILES string of the molecule is O=C1CCCCC1C(O)c1cccc2ccccc12. The molecule has 0 radical (unpaired) electrons. The number of aliphatic hydroxyl groups is 1. The molecule has 2 aromatic carbocycles. The van der Waals surface area contributed by atoms with Gasteiger partial charge in [-0.3, -0.25) is 4.79 Å². The average Bonchev–Trinajstić information content (AvgIpc) is 2.46. The molecule has 19 heavy (non-hydrogen) atoms. The third-order valence-corrected chi connectivity index (χ3v) is 4.13. The molecule has 2 aromatic rings. The van der Waals surface area contributed by atoms with E-state index in [4.69, 9.17) is 0 Å². The molecule has 2 unspecified atom stereocenters. The summed E-state index contributed by atoms with van der Waals surface area (Å²) in [6.07, 6.45) is 2.77. The Hall–Kier alpha value is -1.67. The maximum atomic E-state index is 12.0. The number of aliphatic hydroxyl groups excluding tert-OH is 1. The highest BCUT2D eigenvalue weighted by atomic mass is 16.3. The topological polar surface area (TPSA) is 37.3 Å². The van der Waals surface area contributed by atoms with Crippen LogP contribution < -0.4 is 0 Å². The van der Waals surface area contributed by atoms with Gasteiger partial charge in [-0.25, -0.2) is 0 Å². The Morgan fingerprint density at radius 2 is 1.84 bits per heavy atom. The van der Waals surface area contributed by atoms with Gasteiger partial charge in [-0.1, -0.05) is 48.9 Å². The summed E-state index contributed by atoms with van der Waals surface area (Å²) in [5.74, 6) is -0.00811. The van der Waals surface area contributed by atoms with Crippen molar-refractivity contribution in [1.82, 2.24) is 0 Å². The summed E-state index contributed by atoms with van der Waals surface area (Å²) in [5.41, 5.74) is 0.887. The molecule has 1 aliphatic carbocycles. The quantitative estimate of drug-likeness (QED) is 0.888. The van der Waals surface area contributed by atoms with Gasteiger partial charge >= 0.3 is 0 Å². The maximum absolute atomic E-state index is 12.0. The molecule has 0 saturated heterocycles. The first-order valence-electron chi connectivity index (χ1n) is 6.96. The Labute approximate surface area is 113 Å². The molecule has 3 rings (SSSR count). The van der Waals surface area contributed by atoms with Crippen LogP contribution >= 0.6 is 0 Å². The van der Waals surface area contributed by atoms with Crippen LogP contribution in [0.2, 0.25) is 0 Å². The number of hydrogen-bond donors (Lipinski definition) is 1. The summed E-state index contributed by atoms with van der Waals surface area (Å²) in [4.78, 5) is 12.0. The Balaban J connectivity index is 2.01. The van der Waals surface area contributed by atoms with Crippen molar-refractivity contribution in [3.05, 3.63) is 48.0 Å². The largest absolute Gasteiger partial charge is 0.388 e. The van der Waals surface area contributed by atoms with Crippen molar-refractivity contribution < 1.29 is 9.90 Å². The van der Waals surface area contributed by atoms with Gasteiger partial charge in [-0.05, 0) is 29.2 Å². The molecule has 0 aromatic heterocycles. The number of rotatable bonds is 2. The van der Waals surface area contributed by atoms with Crippen LogP contribution in [0.1, 0.15) is 37.4 Å². The van der Waals surface area contributed by atoms with E-state index in [0.717, 1.165) is 35.6 Å². The highest BCUT2D eigenvalue weighted by molar-refractivity contribution is 5.88. The molecule has 98 valence electrons. The third-order valence-electron chi connectivity index (χ3n) is 4.13. The molecule has 1 N–H and O–H groups in total. The Kier molecular flexibility index (Phi) is 3.34. The molecule has 1 aliphatic rings. The number of hydrogen-bond acceptors (Lipinski definition) is 2. The lowest BCUT2D eigenvalue weighted by Gasteiger charge is -2.26. The van der Waals surface area contributed by atoms with E-state index < -0.39 is 6.10 Å². The van der Waals surface area contributed by atoms with Gasteiger partial charge in [0.05, 0.1) is 6.10 Å². The minimum atomic E-state index is -0.668. The van der Waals surface area contributed by atoms with Crippen molar-refractivity contribution in [2.24, 2.45) is 5.92 Å². The van der Waals surface area contributed by atoms with Gasteiger partial charge in [-0.15, -0.1) is 0 Å². The minimum absolute atomic E-state index is 0.215. The normalized spacial score (nSPS) is 21.5. The lowest BCUT2D eigenvalue weighted by molar-refractivity contribution is -0.128. The van der Waals surface area contributed by atoms with Crippen molar-refractivity contribution in [3.63, 3.8) is 0 Å². The van der Waals surface area contributed by atoms with Gasteiger partial charge in [0.2, 0.25) is 0 Å². The van der Waals surface area contributed by atoms with Gasteiger partial charge in [0, 0.05) is 12.3 Å². The van der Waals surface area contributed by atoms with Crippen LogP contribution in [0.5, 0.6) is 0 Å². The molecule has 2 atom stereocenters. The molecular weight excluding hydrogens is 236 g/mol. The summed E-state index contributed by atoms with van der Waals surface area (Å²) in [6.45, 7) is 0. The zero-order valence-electron chi connectivity index (χ0n) is 10.9. The van der Waals surface area contributed by atoms with E-state index >= 15 is 0 Å². The lowest BCUT2D eigenvalue weighted by Crippen LogP contribution is -2.25. The summed E-state index contributed by atoms with van der Waals surface area (Å²) >= 11 is 0. The predicted octanol–water partition coefficient (Wildman–Crippen LogP) is 3.63. The second kappa shape index (κ2) is 5.14. The monoisotopic (exact) mass is 254 g/mol. The first-order chi connectivity index (χ1) is 9.27. The van der Waals surface area contributed by atoms with Gasteiger partial charge in [0.15, 0.2) is 0 Å². The zero-order chi connectivity index (χ0) is 13.2. The van der Waals surface area contributed by atoms with Crippen LogP contribution in [0.25, 0.3) is 10.8 Å². The first kappa shape index (κ1) is 12.4. The highest BCUT2D eigenvalue weighted by Gasteiger charge is 2.30. The summed E-state index contributed by atoms with van der Waals surface area (Å²) < 4.78 is 0. The van der Waals surface area contributed by atoms with Crippen molar-refractivity contribution in [2.45, 2.75) is 31.8 Å². The molecule has 2 heteroatoms. The number of Topliss-reactive ketones (excluding diaryl/α,β-unsaturated/α-hetero) is 1. The first-order valence-corrected chi connectivity index (χ1v) is 6.96. The molecule has 2 nitrogen and oxygen atoms in total. The molecular formula is C17H18O2. The minimum Gasteiger partial charge on any atom is -0.388 e. The standard InChI is InChI=1S/C17H18O2/c18-16-11-4-3-9-15(16)17(19)14-10-5-7-12-6-1-2-8-13(12)14/h1-2,5-8,10,15,17,19H,3-4,9,11H2. The lowest BCUT2D eigenvalue weighted by atomic mass is 9.81. The summed E-state index contributed by atoms with van der Waals surface area (Å²) in [6, 6.07) is 13.9. The number of benzene rings is 2. The average molecular weight is 254 g/mol. The van der Waals surface area contributed by atoms with Crippen molar-refractivity contribution in [1.29, 1.82) is 0 Å². The highest BCUT2D eigenvalue weighted by Crippen LogP contribution is 2.35. The van der Waals surface area contributed by atoms with Crippen molar-refractivity contribution >= 4 is 16.6 Å². The van der Waals surface area contributed by atoms with Crippen LogP contribution in [0, 0.1) is 5.92 Å². The molecule has 0 aliphatic heterocycles. The number of carbonyl (C=O) groups is 1. The molecule has 0 heterocycles. The van der Waals surface area contributed by atoms with E-state index in [0.29, 0.717) is 6.42 Å². The Bertz CT molecular complexity index is 598. The zero-order valence-corrected chi connectivity index (χ0v) is 10.9. The smallest absolute Gasteiger partial charge is 0.138 e. The van der Waals surface area contributed by atoms with Gasteiger partial charge in [0.25, 0.3) is 0 Å². The van der Waals surface area contributed by atoms with Crippen LogP contribution in [-0.4, -0.2) is 10.9 Å². The maximum Gasteiger partial charge on any atom is 0.138 e. The molecule has 1 saturated carbocycles. The second-order valence-corrected chi connectivity index (χ2v) is 5.33. The Morgan fingerprint density at radius 3 is 2.68 bits per heavy atom. The fourth-order valence-electron chi connectivity index (χ4n) is 3.07. The van der Waals surface area contributed by atoms with Crippen molar-refractivity contribution in [3.8, 4) is 0 Å². The number of fused-ring (bicyclic) bond motifs is 1. The van der Waals surface area contributed by atoms with Gasteiger partial charge < -0.3 is 5.11 Å². The van der Waals surface area contributed by atoms with Crippen LogP contribution in [0.3, 0.4) is 0 Å². The van der Waals surface area contributed by atoms with E-state index in [2.05, 4.69) is 0 Å². The fraction of sp³-hybridized carbons (Fsp3) is 0.353. The second-order valence-electron chi connectivity index (χ2n) is 5.33. The summed E-state index contributed by atoms with van der Waals surface area (Å²) in [5, 5.41) is 12.8. The van der Waals surface area contributed by atoms with Crippen molar-refractivity contribution in [2.75, 3.05) is 0 Å². The van der Waals surface area contributed by atoms with E-state index in [1.54, 1.807) is 0 Å². The number of carbonyl (C=O) groups excluding carboxylic acids is 1. The molecule has 1 fully saturated rings. The van der Waals surface area contributed by atoms with Crippen LogP contribution in [0.4, 0.5) is 0 Å². The van der Waals surface area contributed by atoms with Gasteiger partial charge in [-0.2, -0.15) is 0 Å². The molecule has 0 amide bonds. The molecule has 0 spiro atoms. The number of ketones is 1. The Morgan fingerprint density at radius 1 is 1.05 bits per heavy atom. The van der Waals surface area contributed by atoms with Gasteiger partial charge in [0.1, 0.15) is 5.78 Å². The van der Waals surface area contributed by atoms with E-state index in [-0.39, 0.29) is 11.7 Å².